The Hall–Kier alpha value is -4.72. The van der Waals surface area contributed by atoms with Crippen LogP contribution >= 0.6 is 0 Å². The normalized spacial score (nSPS) is 10.4. The Labute approximate surface area is 208 Å². The number of aromatic hydroxyl groups is 1. The van der Waals surface area contributed by atoms with Gasteiger partial charge in [0.15, 0.2) is 5.75 Å². The molecular formula is C28H29N5O3. The molecule has 0 aliphatic carbocycles. The summed E-state index contributed by atoms with van der Waals surface area (Å²) < 4.78 is 0. The molecule has 0 saturated carbocycles. The van der Waals surface area contributed by atoms with Crippen LogP contribution in [0.4, 0.5) is 17.1 Å². The van der Waals surface area contributed by atoms with E-state index in [0.717, 1.165) is 5.39 Å². The SMILES string of the molecule is CC.CC.O=C(Nc1ccc2[nH]c(=O)[nH]c2c1)c1cc2ccccc2c(N=Nc2ccccc2)c1O. The molecular weight excluding hydrogens is 454 g/mol. The van der Waals surface area contributed by atoms with Crippen molar-refractivity contribution in [3.8, 4) is 5.75 Å². The standard InChI is InChI=1S/C24H17N5O3.2C2H6/c30-22-18(23(31)25-16-10-11-19-20(13-16)27-24(32)26-19)12-14-6-4-5-9-17(14)21(22)29-28-15-7-2-1-3-8-15;2*1-2/h1-13,30H,(H,25,31)(H2,26,27,32);2*1-2H3. The molecule has 0 fully saturated rings. The third-order valence-electron chi connectivity index (χ3n) is 5.04. The lowest BCUT2D eigenvalue weighted by Crippen LogP contribution is -2.12. The maximum absolute atomic E-state index is 13.0. The molecule has 0 radical (unpaired) electrons. The highest BCUT2D eigenvalue weighted by Gasteiger charge is 2.19. The van der Waals surface area contributed by atoms with E-state index in [4.69, 9.17) is 0 Å². The van der Waals surface area contributed by atoms with Crippen molar-refractivity contribution in [2.24, 2.45) is 10.2 Å². The van der Waals surface area contributed by atoms with Gasteiger partial charge in [0.2, 0.25) is 0 Å². The molecule has 5 aromatic rings. The molecule has 0 atom stereocenters. The Balaban J connectivity index is 0.000000861. The van der Waals surface area contributed by atoms with E-state index >= 15 is 0 Å². The molecule has 1 heterocycles. The van der Waals surface area contributed by atoms with Gasteiger partial charge in [0.05, 0.1) is 22.3 Å². The Kier molecular flexibility index (Phi) is 8.72. The van der Waals surface area contributed by atoms with Crippen LogP contribution in [0.1, 0.15) is 38.1 Å². The van der Waals surface area contributed by atoms with Gasteiger partial charge in [-0.25, -0.2) is 4.79 Å². The number of rotatable bonds is 4. The summed E-state index contributed by atoms with van der Waals surface area (Å²) in [4.78, 5) is 29.8. The number of aromatic nitrogens is 2. The third-order valence-corrected chi connectivity index (χ3v) is 5.04. The number of hydrogen-bond acceptors (Lipinski definition) is 5. The highest BCUT2D eigenvalue weighted by atomic mass is 16.3. The van der Waals surface area contributed by atoms with Crippen LogP contribution in [0.2, 0.25) is 0 Å². The fraction of sp³-hybridized carbons (Fsp3) is 0.143. The summed E-state index contributed by atoms with van der Waals surface area (Å²) in [6.45, 7) is 8.00. The number of phenolic OH excluding ortho intramolecular Hbond substituents is 1. The number of anilines is 1. The molecule has 1 aromatic heterocycles. The zero-order valence-electron chi connectivity index (χ0n) is 20.7. The van der Waals surface area contributed by atoms with Gasteiger partial charge >= 0.3 is 5.69 Å². The van der Waals surface area contributed by atoms with Gasteiger partial charge in [-0.1, -0.05) is 70.2 Å². The average Bonchev–Trinajstić information content (AvgIpc) is 3.30. The summed E-state index contributed by atoms with van der Waals surface area (Å²) in [7, 11) is 0. The molecule has 184 valence electrons. The van der Waals surface area contributed by atoms with Crippen LogP contribution in [-0.4, -0.2) is 21.0 Å². The second kappa shape index (κ2) is 12.1. The monoisotopic (exact) mass is 483 g/mol. The third kappa shape index (κ3) is 5.67. The number of aromatic amines is 2. The number of benzene rings is 4. The number of phenols is 1. The first kappa shape index (κ1) is 25.9. The summed E-state index contributed by atoms with van der Waals surface area (Å²) in [6.07, 6.45) is 0. The quantitative estimate of drug-likeness (QED) is 0.199. The first-order valence-electron chi connectivity index (χ1n) is 11.8. The van der Waals surface area contributed by atoms with Gasteiger partial charge in [0.1, 0.15) is 5.69 Å². The van der Waals surface area contributed by atoms with Crippen LogP contribution < -0.4 is 11.0 Å². The first-order valence-corrected chi connectivity index (χ1v) is 11.8. The number of carbonyl (C=O) groups excluding carboxylic acids is 1. The van der Waals surface area contributed by atoms with Crippen molar-refractivity contribution < 1.29 is 9.90 Å². The summed E-state index contributed by atoms with van der Waals surface area (Å²) in [5.41, 5.74) is 2.23. The molecule has 4 N–H and O–H groups in total. The zero-order chi connectivity index (χ0) is 26.1. The predicted octanol–water partition coefficient (Wildman–Crippen LogP) is 7.44. The minimum absolute atomic E-state index is 0.0633. The molecule has 0 spiro atoms. The first-order chi connectivity index (χ1) is 17.6. The largest absolute Gasteiger partial charge is 0.505 e. The van der Waals surface area contributed by atoms with E-state index in [9.17, 15) is 14.7 Å². The van der Waals surface area contributed by atoms with Gasteiger partial charge in [-0.05, 0) is 41.8 Å². The molecule has 4 aromatic carbocycles. The smallest absolute Gasteiger partial charge is 0.323 e. The Morgan fingerprint density at radius 3 is 2.22 bits per heavy atom. The van der Waals surface area contributed by atoms with Gasteiger partial charge in [0, 0.05) is 11.1 Å². The Morgan fingerprint density at radius 2 is 1.47 bits per heavy atom. The van der Waals surface area contributed by atoms with Crippen molar-refractivity contribution in [2.45, 2.75) is 27.7 Å². The average molecular weight is 484 g/mol. The van der Waals surface area contributed by atoms with Gasteiger partial charge < -0.3 is 20.4 Å². The Morgan fingerprint density at radius 1 is 0.806 bits per heavy atom. The lowest BCUT2D eigenvalue weighted by atomic mass is 10.0. The zero-order valence-corrected chi connectivity index (χ0v) is 20.7. The van der Waals surface area contributed by atoms with Crippen LogP contribution in [0.25, 0.3) is 21.8 Å². The molecule has 5 rings (SSSR count). The van der Waals surface area contributed by atoms with Gasteiger partial charge in [0.25, 0.3) is 5.91 Å². The van der Waals surface area contributed by atoms with E-state index in [1.807, 2.05) is 70.2 Å². The molecule has 8 heteroatoms. The summed E-state index contributed by atoms with van der Waals surface area (Å²) in [5, 5.41) is 23.5. The van der Waals surface area contributed by atoms with E-state index < -0.39 is 5.91 Å². The van der Waals surface area contributed by atoms with Crippen molar-refractivity contribution in [1.29, 1.82) is 0 Å². The van der Waals surface area contributed by atoms with Crippen molar-refractivity contribution in [1.82, 2.24) is 9.97 Å². The van der Waals surface area contributed by atoms with E-state index in [0.29, 0.717) is 27.8 Å². The Bertz CT molecular complexity index is 1550. The predicted molar refractivity (Wildman–Crippen MR) is 146 cm³/mol. The van der Waals surface area contributed by atoms with Crippen LogP contribution in [0.15, 0.2) is 93.9 Å². The number of imidazole rings is 1. The fourth-order valence-electron chi connectivity index (χ4n) is 3.50. The van der Waals surface area contributed by atoms with Crippen molar-refractivity contribution in [2.75, 3.05) is 5.32 Å². The molecule has 8 nitrogen and oxygen atoms in total. The second-order valence-electron chi connectivity index (χ2n) is 7.17. The minimum Gasteiger partial charge on any atom is -0.505 e. The van der Waals surface area contributed by atoms with Crippen LogP contribution in [0.5, 0.6) is 5.75 Å². The highest BCUT2D eigenvalue weighted by Crippen LogP contribution is 2.39. The van der Waals surface area contributed by atoms with Gasteiger partial charge in [-0.15, -0.1) is 5.11 Å². The number of amides is 1. The molecule has 0 saturated heterocycles. The van der Waals surface area contributed by atoms with E-state index in [1.165, 1.54) is 0 Å². The second-order valence-corrected chi connectivity index (χ2v) is 7.17. The molecule has 36 heavy (non-hydrogen) atoms. The summed E-state index contributed by atoms with van der Waals surface area (Å²) in [5.74, 6) is -0.779. The topological polar surface area (TPSA) is 123 Å². The van der Waals surface area contributed by atoms with E-state index in [-0.39, 0.29) is 22.7 Å². The highest BCUT2D eigenvalue weighted by molar-refractivity contribution is 6.12. The molecule has 0 aliphatic rings. The lowest BCUT2D eigenvalue weighted by molar-refractivity contribution is 0.102. The van der Waals surface area contributed by atoms with E-state index in [2.05, 4.69) is 25.5 Å². The van der Waals surface area contributed by atoms with Crippen molar-refractivity contribution in [3.05, 3.63) is 94.9 Å². The number of nitrogens with zero attached hydrogens (tertiary/aromatic N) is 2. The number of azo groups is 1. The summed E-state index contributed by atoms with van der Waals surface area (Å²) >= 11 is 0. The molecule has 0 unspecified atom stereocenters. The number of nitrogens with one attached hydrogen (secondary N) is 3. The van der Waals surface area contributed by atoms with E-state index in [1.54, 1.807) is 36.4 Å². The molecule has 0 aliphatic heterocycles. The maximum atomic E-state index is 13.0. The van der Waals surface area contributed by atoms with Gasteiger partial charge in [-0.2, -0.15) is 5.11 Å². The number of fused-ring (bicyclic) bond motifs is 2. The number of carbonyl (C=O) groups is 1. The summed E-state index contributed by atoms with van der Waals surface area (Å²) in [6, 6.07) is 23.0. The van der Waals surface area contributed by atoms with Crippen LogP contribution in [0, 0.1) is 0 Å². The van der Waals surface area contributed by atoms with Crippen LogP contribution in [-0.2, 0) is 0 Å². The maximum Gasteiger partial charge on any atom is 0.323 e. The molecule has 1 amide bonds. The minimum atomic E-state index is -0.512. The number of hydrogen-bond donors (Lipinski definition) is 4. The van der Waals surface area contributed by atoms with Crippen molar-refractivity contribution >= 4 is 44.8 Å². The van der Waals surface area contributed by atoms with Crippen molar-refractivity contribution in [3.63, 3.8) is 0 Å². The van der Waals surface area contributed by atoms with Crippen LogP contribution in [0.3, 0.4) is 0 Å². The fourth-order valence-corrected chi connectivity index (χ4v) is 3.50. The number of H-pyrrole nitrogens is 2. The lowest BCUT2D eigenvalue weighted by Gasteiger charge is -2.11. The molecule has 0 bridgehead atoms. The van der Waals surface area contributed by atoms with Gasteiger partial charge in [-0.3, -0.25) is 4.79 Å².